The molecule has 0 fully saturated rings. The third-order valence-electron chi connectivity index (χ3n) is 2.48. The molecule has 2 N–H and O–H groups in total. The van der Waals surface area contributed by atoms with Gasteiger partial charge in [-0.15, -0.1) is 0 Å². The highest BCUT2D eigenvalue weighted by Gasteiger charge is 2.05. The summed E-state index contributed by atoms with van der Waals surface area (Å²) in [6.07, 6.45) is 1.28. The van der Waals surface area contributed by atoms with Crippen molar-refractivity contribution in [2.75, 3.05) is 0 Å². The third-order valence-corrected chi connectivity index (χ3v) is 3.04. The summed E-state index contributed by atoms with van der Waals surface area (Å²) < 4.78 is 0. The number of rotatable bonds is 3. The minimum Gasteiger partial charge on any atom is -0.507 e. The Bertz CT molecular complexity index is 652. The van der Waals surface area contributed by atoms with Gasteiger partial charge in [0.1, 0.15) is 5.75 Å². The molecule has 0 bridgehead atoms. The van der Waals surface area contributed by atoms with Gasteiger partial charge in [0, 0.05) is 10.6 Å². The van der Waals surface area contributed by atoms with E-state index in [-0.39, 0.29) is 5.75 Å². The molecule has 2 aromatic carbocycles. The van der Waals surface area contributed by atoms with Gasteiger partial charge in [-0.3, -0.25) is 4.79 Å². The molecule has 0 saturated heterocycles. The smallest absolute Gasteiger partial charge is 0.271 e. The van der Waals surface area contributed by atoms with Crippen LogP contribution in [0, 0.1) is 0 Å². The monoisotopic (exact) mass is 308 g/mol. The lowest BCUT2D eigenvalue weighted by atomic mass is 10.2. The normalized spacial score (nSPS) is 10.7. The molecule has 0 atom stereocenters. The minimum absolute atomic E-state index is 0.0155. The predicted molar refractivity (Wildman–Crippen MR) is 79.6 cm³/mol. The number of aromatic hydroxyl groups is 1. The largest absolute Gasteiger partial charge is 0.507 e. The van der Waals surface area contributed by atoms with E-state index in [0.29, 0.717) is 21.2 Å². The van der Waals surface area contributed by atoms with Crippen LogP contribution >= 0.6 is 23.2 Å². The summed E-state index contributed by atoms with van der Waals surface area (Å²) >= 11 is 11.7. The van der Waals surface area contributed by atoms with Gasteiger partial charge < -0.3 is 5.11 Å². The fourth-order valence-corrected chi connectivity index (χ4v) is 1.91. The molecule has 0 unspecified atom stereocenters. The zero-order chi connectivity index (χ0) is 14.5. The number of amides is 1. The van der Waals surface area contributed by atoms with Gasteiger partial charge in [-0.2, -0.15) is 5.10 Å². The van der Waals surface area contributed by atoms with E-state index in [2.05, 4.69) is 10.5 Å². The van der Waals surface area contributed by atoms with Crippen molar-refractivity contribution in [3.63, 3.8) is 0 Å². The number of carbonyl (C=O) groups is 1. The third kappa shape index (κ3) is 3.50. The van der Waals surface area contributed by atoms with E-state index in [1.807, 2.05) is 0 Å². The Kier molecular flexibility index (Phi) is 4.61. The second-order valence-corrected chi connectivity index (χ2v) is 4.73. The first-order valence-corrected chi connectivity index (χ1v) is 6.40. The van der Waals surface area contributed by atoms with E-state index in [1.165, 1.54) is 18.3 Å². The fourth-order valence-electron chi connectivity index (χ4n) is 1.50. The van der Waals surface area contributed by atoms with Crippen molar-refractivity contribution in [3.8, 4) is 5.75 Å². The second-order valence-electron chi connectivity index (χ2n) is 3.88. The molecule has 0 aliphatic heterocycles. The van der Waals surface area contributed by atoms with Crippen molar-refractivity contribution >= 4 is 35.3 Å². The summed E-state index contributed by atoms with van der Waals surface area (Å²) in [5, 5.41) is 14.2. The van der Waals surface area contributed by atoms with E-state index < -0.39 is 5.91 Å². The maximum atomic E-state index is 11.8. The molecule has 2 aromatic rings. The Balaban J connectivity index is 2.09. The lowest BCUT2D eigenvalue weighted by molar-refractivity contribution is 0.0955. The summed E-state index contributed by atoms with van der Waals surface area (Å²) in [5.41, 5.74) is 3.05. The number of carbonyl (C=O) groups excluding carboxylic acids is 1. The maximum Gasteiger partial charge on any atom is 0.271 e. The lowest BCUT2D eigenvalue weighted by Gasteiger charge is -2.02. The van der Waals surface area contributed by atoms with E-state index in [0.717, 1.165) is 0 Å². The molecule has 102 valence electrons. The van der Waals surface area contributed by atoms with Crippen molar-refractivity contribution in [2.24, 2.45) is 5.10 Å². The number of hydrogen-bond donors (Lipinski definition) is 2. The Hall–Kier alpha value is -2.04. The van der Waals surface area contributed by atoms with Gasteiger partial charge in [-0.25, -0.2) is 5.43 Å². The van der Waals surface area contributed by atoms with Crippen LogP contribution in [0.1, 0.15) is 15.9 Å². The van der Waals surface area contributed by atoms with Gasteiger partial charge in [0.05, 0.1) is 16.8 Å². The molecule has 20 heavy (non-hydrogen) atoms. The second kappa shape index (κ2) is 6.41. The topological polar surface area (TPSA) is 61.7 Å². The molecule has 4 nitrogen and oxygen atoms in total. The fraction of sp³-hybridized carbons (Fsp3) is 0. The number of nitrogens with one attached hydrogen (secondary N) is 1. The average Bonchev–Trinajstić information content (AvgIpc) is 2.42. The molecule has 0 aliphatic rings. The molecule has 2 rings (SSSR count). The Morgan fingerprint density at radius 1 is 1.20 bits per heavy atom. The van der Waals surface area contributed by atoms with E-state index in [4.69, 9.17) is 23.2 Å². The van der Waals surface area contributed by atoms with Crippen LogP contribution in [0.2, 0.25) is 10.0 Å². The van der Waals surface area contributed by atoms with Crippen LogP contribution < -0.4 is 5.43 Å². The van der Waals surface area contributed by atoms with Crippen molar-refractivity contribution < 1.29 is 9.90 Å². The molecule has 0 aliphatic carbocycles. The number of phenolic OH excluding ortho intramolecular Hbond substituents is 1. The first kappa shape index (κ1) is 14.4. The summed E-state index contributed by atoms with van der Waals surface area (Å²) in [4.78, 5) is 11.8. The van der Waals surface area contributed by atoms with Crippen LogP contribution in [0.4, 0.5) is 0 Å². The number of halogens is 2. The highest BCUT2D eigenvalue weighted by Crippen LogP contribution is 2.22. The number of hydrogen-bond acceptors (Lipinski definition) is 3. The zero-order valence-corrected chi connectivity index (χ0v) is 11.7. The average molecular weight is 309 g/mol. The molecule has 1 amide bonds. The van der Waals surface area contributed by atoms with Crippen LogP contribution in [0.25, 0.3) is 0 Å². The molecule has 0 heterocycles. The first-order valence-electron chi connectivity index (χ1n) is 5.64. The quantitative estimate of drug-likeness (QED) is 0.674. The number of hydrazone groups is 1. The van der Waals surface area contributed by atoms with Gasteiger partial charge >= 0.3 is 0 Å². The molecular formula is C14H10Cl2N2O2. The Labute approximate surface area is 125 Å². The van der Waals surface area contributed by atoms with Crippen molar-refractivity contribution in [3.05, 3.63) is 63.6 Å². The van der Waals surface area contributed by atoms with E-state index >= 15 is 0 Å². The van der Waals surface area contributed by atoms with Crippen LogP contribution in [-0.4, -0.2) is 17.2 Å². The predicted octanol–water partition coefficient (Wildman–Crippen LogP) is 3.46. The van der Waals surface area contributed by atoms with E-state index in [9.17, 15) is 9.90 Å². The molecule has 6 heteroatoms. The van der Waals surface area contributed by atoms with Gasteiger partial charge in [0.2, 0.25) is 0 Å². The SMILES string of the molecule is O=C(NN=Cc1c(O)cccc1Cl)c1cccc(Cl)c1. The Morgan fingerprint density at radius 2 is 1.95 bits per heavy atom. The highest BCUT2D eigenvalue weighted by molar-refractivity contribution is 6.33. The standard InChI is InChI=1S/C14H10Cl2N2O2/c15-10-4-1-3-9(7-10)14(20)18-17-8-11-12(16)5-2-6-13(11)19/h1-8,19H,(H,18,20). The van der Waals surface area contributed by atoms with Crippen LogP contribution in [0.15, 0.2) is 47.6 Å². The van der Waals surface area contributed by atoms with Crippen molar-refractivity contribution in [1.82, 2.24) is 5.43 Å². The van der Waals surface area contributed by atoms with Gasteiger partial charge in [-0.05, 0) is 30.3 Å². The number of phenols is 1. The molecular weight excluding hydrogens is 299 g/mol. The van der Waals surface area contributed by atoms with Gasteiger partial charge in [-0.1, -0.05) is 35.3 Å². The summed E-state index contributed by atoms with van der Waals surface area (Å²) in [7, 11) is 0. The van der Waals surface area contributed by atoms with E-state index in [1.54, 1.807) is 30.3 Å². The van der Waals surface area contributed by atoms with Crippen LogP contribution in [-0.2, 0) is 0 Å². The van der Waals surface area contributed by atoms with Crippen molar-refractivity contribution in [2.45, 2.75) is 0 Å². The molecule has 0 spiro atoms. The number of nitrogens with zero attached hydrogens (tertiary/aromatic N) is 1. The van der Waals surface area contributed by atoms with Gasteiger partial charge in [0.15, 0.2) is 0 Å². The van der Waals surface area contributed by atoms with Crippen molar-refractivity contribution in [1.29, 1.82) is 0 Å². The summed E-state index contributed by atoms with van der Waals surface area (Å²) in [6.45, 7) is 0. The number of benzene rings is 2. The molecule has 0 saturated carbocycles. The zero-order valence-electron chi connectivity index (χ0n) is 10.2. The molecule has 0 radical (unpaired) electrons. The summed E-state index contributed by atoms with van der Waals surface area (Å²) in [5.74, 6) is -0.423. The van der Waals surface area contributed by atoms with Crippen LogP contribution in [0.5, 0.6) is 5.75 Å². The highest BCUT2D eigenvalue weighted by atomic mass is 35.5. The Morgan fingerprint density at radius 3 is 2.65 bits per heavy atom. The minimum atomic E-state index is -0.407. The lowest BCUT2D eigenvalue weighted by Crippen LogP contribution is -2.17. The molecule has 0 aromatic heterocycles. The first-order chi connectivity index (χ1) is 9.58. The van der Waals surface area contributed by atoms with Gasteiger partial charge in [0.25, 0.3) is 5.91 Å². The summed E-state index contributed by atoms with van der Waals surface area (Å²) in [6, 6.07) is 11.2. The van der Waals surface area contributed by atoms with Crippen LogP contribution in [0.3, 0.4) is 0 Å². The maximum absolute atomic E-state index is 11.8.